The summed E-state index contributed by atoms with van der Waals surface area (Å²) in [7, 11) is 0. The predicted octanol–water partition coefficient (Wildman–Crippen LogP) is 2.64. The Morgan fingerprint density at radius 1 is 1.05 bits per heavy atom. The second kappa shape index (κ2) is 6.82. The molecule has 0 spiro atoms. The Morgan fingerprint density at radius 3 is 2.00 bits per heavy atom. The topological polar surface area (TPSA) is 101 Å². The highest BCUT2D eigenvalue weighted by Crippen LogP contribution is 2.23. The number of nitro groups is 1. The van der Waals surface area contributed by atoms with Crippen LogP contribution in [0.2, 0.25) is 0 Å². The number of carboxylic acid groups (broad SMARTS) is 1. The van der Waals surface area contributed by atoms with Crippen LogP contribution in [-0.4, -0.2) is 27.2 Å². The molecule has 0 saturated carbocycles. The molecule has 2 aromatic carbocycles. The Hall–Kier alpha value is -2.73. The lowest BCUT2D eigenvalue weighted by molar-refractivity contribution is -0.384. The van der Waals surface area contributed by atoms with E-state index < -0.39 is 17.0 Å². The molecule has 114 valence electrons. The lowest BCUT2D eigenvalue weighted by atomic mass is 10.0. The number of aliphatic hydroxyl groups excluding tert-OH is 1. The molecule has 0 heterocycles. The second-order valence-corrected chi connectivity index (χ2v) is 4.96. The Kier molecular flexibility index (Phi) is 4.85. The van der Waals surface area contributed by atoms with Crippen LogP contribution < -0.4 is 0 Å². The summed E-state index contributed by atoms with van der Waals surface area (Å²) in [5.41, 5.74) is 2.62. The molecule has 6 nitrogen and oxygen atoms in total. The number of hydrogen-bond donors (Lipinski definition) is 2. The van der Waals surface area contributed by atoms with Crippen LogP contribution in [0.25, 0.3) is 11.1 Å². The van der Waals surface area contributed by atoms with Crippen molar-refractivity contribution in [1.82, 2.24) is 0 Å². The fraction of sp³-hybridized carbons (Fsp3) is 0.188. The molecule has 0 bridgehead atoms. The fourth-order valence-electron chi connectivity index (χ4n) is 2.15. The van der Waals surface area contributed by atoms with Crippen molar-refractivity contribution < 1.29 is 19.9 Å². The fourth-order valence-corrected chi connectivity index (χ4v) is 2.15. The van der Waals surface area contributed by atoms with E-state index in [-0.39, 0.29) is 18.5 Å². The van der Waals surface area contributed by atoms with Gasteiger partial charge in [0.05, 0.1) is 17.4 Å². The molecule has 0 aliphatic heterocycles. The van der Waals surface area contributed by atoms with Crippen molar-refractivity contribution in [2.24, 2.45) is 0 Å². The summed E-state index contributed by atoms with van der Waals surface area (Å²) >= 11 is 0. The van der Waals surface area contributed by atoms with Gasteiger partial charge in [-0.05, 0) is 35.2 Å². The highest BCUT2D eigenvalue weighted by molar-refractivity contribution is 5.67. The van der Waals surface area contributed by atoms with E-state index in [1.165, 1.54) is 12.1 Å². The highest BCUT2D eigenvalue weighted by Gasteiger charge is 2.10. The van der Waals surface area contributed by atoms with Gasteiger partial charge in [0.25, 0.3) is 5.69 Å². The van der Waals surface area contributed by atoms with Crippen molar-refractivity contribution in [3.63, 3.8) is 0 Å². The minimum atomic E-state index is -1.03. The van der Waals surface area contributed by atoms with Gasteiger partial charge in [-0.25, -0.2) is 0 Å². The second-order valence-electron chi connectivity index (χ2n) is 4.96. The zero-order valence-corrected chi connectivity index (χ0v) is 11.7. The molecule has 0 aliphatic carbocycles. The van der Waals surface area contributed by atoms with Crippen LogP contribution in [0, 0.1) is 10.1 Å². The monoisotopic (exact) mass is 301 g/mol. The van der Waals surface area contributed by atoms with Gasteiger partial charge < -0.3 is 10.2 Å². The lowest BCUT2D eigenvalue weighted by Gasteiger charge is -2.09. The third-order valence-corrected chi connectivity index (χ3v) is 3.25. The molecule has 2 aromatic rings. The molecule has 22 heavy (non-hydrogen) atoms. The first-order valence-corrected chi connectivity index (χ1v) is 6.69. The molecule has 0 aromatic heterocycles. The molecule has 0 fully saturated rings. The smallest absolute Gasteiger partial charge is 0.305 e. The minimum absolute atomic E-state index is 0.0390. The van der Waals surface area contributed by atoms with Crippen molar-refractivity contribution in [2.75, 3.05) is 0 Å². The molecule has 2 rings (SSSR count). The molecule has 6 heteroatoms. The number of rotatable bonds is 6. The number of aliphatic hydroxyl groups is 1. The Bertz CT molecular complexity index is 664. The molecule has 1 unspecified atom stereocenters. The summed E-state index contributed by atoms with van der Waals surface area (Å²) < 4.78 is 0. The van der Waals surface area contributed by atoms with Crippen LogP contribution in [0.4, 0.5) is 5.69 Å². The third-order valence-electron chi connectivity index (χ3n) is 3.25. The van der Waals surface area contributed by atoms with E-state index in [9.17, 15) is 20.0 Å². The van der Waals surface area contributed by atoms with E-state index in [1.807, 2.05) is 24.3 Å². The third kappa shape index (κ3) is 4.13. The van der Waals surface area contributed by atoms with Crippen LogP contribution in [0.3, 0.4) is 0 Å². The van der Waals surface area contributed by atoms with E-state index in [4.69, 9.17) is 5.11 Å². The quantitative estimate of drug-likeness (QED) is 0.631. The van der Waals surface area contributed by atoms with Crippen molar-refractivity contribution in [1.29, 1.82) is 0 Å². The number of non-ortho nitro benzene ring substituents is 1. The summed E-state index contributed by atoms with van der Waals surface area (Å²) in [4.78, 5) is 20.7. The molecule has 0 radical (unpaired) electrons. The van der Waals surface area contributed by atoms with Gasteiger partial charge in [-0.2, -0.15) is 0 Å². The summed E-state index contributed by atoms with van der Waals surface area (Å²) in [6, 6.07) is 13.5. The van der Waals surface area contributed by atoms with Gasteiger partial charge in [0.1, 0.15) is 0 Å². The number of carboxylic acids is 1. The zero-order valence-electron chi connectivity index (χ0n) is 11.7. The van der Waals surface area contributed by atoms with Crippen LogP contribution in [-0.2, 0) is 11.2 Å². The van der Waals surface area contributed by atoms with Gasteiger partial charge in [-0.1, -0.05) is 24.3 Å². The summed E-state index contributed by atoms with van der Waals surface area (Å²) in [5, 5.41) is 28.8. The summed E-state index contributed by atoms with van der Waals surface area (Å²) in [6.45, 7) is 0. The highest BCUT2D eigenvalue weighted by atomic mass is 16.6. The molecule has 1 atom stereocenters. The van der Waals surface area contributed by atoms with Gasteiger partial charge in [0.15, 0.2) is 0 Å². The average Bonchev–Trinajstić information content (AvgIpc) is 2.47. The van der Waals surface area contributed by atoms with Gasteiger partial charge in [0, 0.05) is 12.1 Å². The van der Waals surface area contributed by atoms with Crippen molar-refractivity contribution in [2.45, 2.75) is 18.9 Å². The van der Waals surface area contributed by atoms with Crippen LogP contribution >= 0.6 is 0 Å². The molecule has 0 amide bonds. The van der Waals surface area contributed by atoms with Crippen molar-refractivity contribution >= 4 is 11.7 Å². The Labute approximate surface area is 126 Å². The largest absolute Gasteiger partial charge is 0.481 e. The normalized spacial score (nSPS) is 11.9. The number of carbonyl (C=O) groups is 1. The van der Waals surface area contributed by atoms with Gasteiger partial charge in [-0.15, -0.1) is 0 Å². The van der Waals surface area contributed by atoms with Crippen molar-refractivity contribution in [3.05, 3.63) is 64.2 Å². The standard InChI is InChI=1S/C16H15NO5/c18-15(10-16(19)20)9-11-1-3-12(4-2-11)13-5-7-14(8-6-13)17(21)22/h1-8,15,18H,9-10H2,(H,19,20). The van der Waals surface area contributed by atoms with E-state index in [0.29, 0.717) is 0 Å². The van der Waals surface area contributed by atoms with E-state index in [2.05, 4.69) is 0 Å². The predicted molar refractivity (Wildman–Crippen MR) is 80.5 cm³/mol. The number of benzene rings is 2. The van der Waals surface area contributed by atoms with Crippen LogP contribution in [0.1, 0.15) is 12.0 Å². The molecule has 0 aliphatic rings. The maximum atomic E-state index is 10.6. The summed E-state index contributed by atoms with van der Waals surface area (Å²) in [6.07, 6.45) is -0.931. The summed E-state index contributed by atoms with van der Waals surface area (Å²) in [5.74, 6) is -1.03. The zero-order chi connectivity index (χ0) is 16.1. The van der Waals surface area contributed by atoms with Crippen LogP contribution in [0.15, 0.2) is 48.5 Å². The Balaban J connectivity index is 2.08. The van der Waals surface area contributed by atoms with E-state index in [1.54, 1.807) is 12.1 Å². The minimum Gasteiger partial charge on any atom is -0.481 e. The number of nitrogens with zero attached hydrogens (tertiary/aromatic N) is 1. The van der Waals surface area contributed by atoms with E-state index in [0.717, 1.165) is 16.7 Å². The van der Waals surface area contributed by atoms with Gasteiger partial charge in [0.2, 0.25) is 0 Å². The van der Waals surface area contributed by atoms with Gasteiger partial charge >= 0.3 is 5.97 Å². The first kappa shape index (κ1) is 15.7. The first-order chi connectivity index (χ1) is 10.5. The number of aliphatic carboxylic acids is 1. The Morgan fingerprint density at radius 2 is 1.55 bits per heavy atom. The van der Waals surface area contributed by atoms with Crippen LogP contribution in [0.5, 0.6) is 0 Å². The molecule has 0 saturated heterocycles. The SMILES string of the molecule is O=C(O)CC(O)Cc1ccc(-c2ccc([N+](=O)[O-])cc2)cc1. The lowest BCUT2D eigenvalue weighted by Crippen LogP contribution is -2.15. The van der Waals surface area contributed by atoms with Crippen molar-refractivity contribution in [3.8, 4) is 11.1 Å². The average molecular weight is 301 g/mol. The maximum Gasteiger partial charge on any atom is 0.305 e. The molecular formula is C16H15NO5. The molecule has 2 N–H and O–H groups in total. The van der Waals surface area contributed by atoms with E-state index >= 15 is 0 Å². The maximum absolute atomic E-state index is 10.6. The number of hydrogen-bond acceptors (Lipinski definition) is 4. The first-order valence-electron chi connectivity index (χ1n) is 6.69. The number of nitro benzene ring substituents is 1. The molecular weight excluding hydrogens is 286 g/mol. The van der Waals surface area contributed by atoms with Gasteiger partial charge in [-0.3, -0.25) is 14.9 Å².